The molecule has 4 rings (SSSR count). The first kappa shape index (κ1) is 31.3. The van der Waals surface area contributed by atoms with Crippen molar-refractivity contribution < 1.29 is 28.7 Å². The molecule has 12 nitrogen and oxygen atoms in total. The molecular formula is C31H40N6O6. The molecule has 0 spiro atoms. The standard InChI is InChI=1S/C31H40N6O6/c1-31(2,3)43-30(41)32-14-8-9-15-37(19-26-34-23-10-6-7-11-24(23)35-26)28(39)20-12-13-22-21(16-20)18-36(4)29(40)25(33-22)17-27(38)42-5/h6-7,10-13,16,25,33H,8-9,14-15,17-19H2,1-5H3,(H,32,41)(H,34,35)/t25-/m0/s1. The number of hydrogen-bond donors (Lipinski definition) is 3. The van der Waals surface area contributed by atoms with Crippen LogP contribution < -0.4 is 10.6 Å². The maximum Gasteiger partial charge on any atom is 0.407 e. The Kier molecular flexibility index (Phi) is 9.89. The number of alkyl carbamates (subject to hydrolysis) is 1. The van der Waals surface area contributed by atoms with Crippen molar-refractivity contribution in [3.8, 4) is 0 Å². The highest BCUT2D eigenvalue weighted by Crippen LogP contribution is 2.26. The Morgan fingerprint density at radius 3 is 2.63 bits per heavy atom. The van der Waals surface area contributed by atoms with Crippen LogP contribution in [0.1, 0.15) is 61.8 Å². The number of unbranched alkanes of at least 4 members (excludes halogenated alkanes) is 1. The number of anilines is 1. The van der Waals surface area contributed by atoms with Crippen LogP contribution in [0.5, 0.6) is 0 Å². The van der Waals surface area contributed by atoms with Crippen molar-refractivity contribution in [2.45, 2.75) is 64.8 Å². The highest BCUT2D eigenvalue weighted by atomic mass is 16.6. The highest BCUT2D eigenvalue weighted by molar-refractivity contribution is 5.96. The number of para-hydroxylation sites is 2. The zero-order chi connectivity index (χ0) is 31.1. The van der Waals surface area contributed by atoms with E-state index in [-0.39, 0.29) is 31.3 Å². The second-order valence-corrected chi connectivity index (χ2v) is 11.6. The summed E-state index contributed by atoms with van der Waals surface area (Å²) in [7, 11) is 2.95. The monoisotopic (exact) mass is 592 g/mol. The molecule has 1 aliphatic heterocycles. The first-order valence-corrected chi connectivity index (χ1v) is 14.3. The number of methoxy groups -OCH3 is 1. The number of H-pyrrole nitrogens is 1. The lowest BCUT2D eigenvalue weighted by molar-refractivity contribution is -0.143. The molecule has 3 aromatic rings. The summed E-state index contributed by atoms with van der Waals surface area (Å²) in [5, 5.41) is 5.91. The van der Waals surface area contributed by atoms with Crippen molar-refractivity contribution in [3.63, 3.8) is 0 Å². The molecule has 1 aliphatic rings. The van der Waals surface area contributed by atoms with Crippen LogP contribution in [-0.2, 0) is 32.2 Å². The van der Waals surface area contributed by atoms with E-state index in [1.54, 1.807) is 30.1 Å². The van der Waals surface area contributed by atoms with Crippen LogP contribution in [0.25, 0.3) is 11.0 Å². The third kappa shape index (κ3) is 8.46. The molecule has 43 heavy (non-hydrogen) atoms. The first-order chi connectivity index (χ1) is 20.4. The molecule has 3 amide bonds. The largest absolute Gasteiger partial charge is 0.469 e. The smallest absolute Gasteiger partial charge is 0.407 e. The lowest BCUT2D eigenvalue weighted by Crippen LogP contribution is -2.39. The van der Waals surface area contributed by atoms with Crippen molar-refractivity contribution in [3.05, 3.63) is 59.4 Å². The van der Waals surface area contributed by atoms with Gasteiger partial charge in [-0.15, -0.1) is 0 Å². The second-order valence-electron chi connectivity index (χ2n) is 11.6. The summed E-state index contributed by atoms with van der Waals surface area (Å²) < 4.78 is 10.0. The van der Waals surface area contributed by atoms with E-state index in [9.17, 15) is 19.2 Å². The van der Waals surface area contributed by atoms with E-state index in [1.165, 1.54) is 12.0 Å². The number of fused-ring (bicyclic) bond motifs is 2. The Labute approximate surface area is 251 Å². The molecule has 230 valence electrons. The van der Waals surface area contributed by atoms with Crippen molar-refractivity contribution >= 4 is 40.6 Å². The number of carbonyl (C=O) groups is 4. The molecule has 1 atom stereocenters. The number of rotatable bonds is 10. The Hall–Kier alpha value is -4.61. The minimum Gasteiger partial charge on any atom is -0.469 e. The number of aromatic amines is 1. The number of benzene rings is 2. The van der Waals surface area contributed by atoms with Crippen LogP contribution >= 0.6 is 0 Å². The van der Waals surface area contributed by atoms with Gasteiger partial charge in [-0.1, -0.05) is 12.1 Å². The lowest BCUT2D eigenvalue weighted by Gasteiger charge is -2.23. The van der Waals surface area contributed by atoms with Gasteiger partial charge in [0, 0.05) is 37.9 Å². The van der Waals surface area contributed by atoms with Crippen LogP contribution in [0.3, 0.4) is 0 Å². The van der Waals surface area contributed by atoms with Crippen molar-refractivity contribution in [1.82, 2.24) is 25.1 Å². The number of amides is 3. The van der Waals surface area contributed by atoms with Gasteiger partial charge >= 0.3 is 12.1 Å². The van der Waals surface area contributed by atoms with Crippen LogP contribution in [0.15, 0.2) is 42.5 Å². The number of nitrogens with one attached hydrogen (secondary N) is 3. The quantitative estimate of drug-likeness (QED) is 0.238. The van der Waals surface area contributed by atoms with Crippen LogP contribution in [-0.4, -0.2) is 82.5 Å². The molecule has 0 bridgehead atoms. The van der Waals surface area contributed by atoms with E-state index in [1.807, 2.05) is 45.0 Å². The molecule has 2 aromatic carbocycles. The van der Waals surface area contributed by atoms with Crippen LogP contribution in [0, 0.1) is 0 Å². The second kappa shape index (κ2) is 13.6. The zero-order valence-electron chi connectivity index (χ0n) is 25.4. The Balaban J connectivity index is 1.49. The van der Waals surface area contributed by atoms with E-state index in [2.05, 4.69) is 20.6 Å². The fraction of sp³-hybridized carbons (Fsp3) is 0.452. The molecule has 0 unspecified atom stereocenters. The predicted molar refractivity (Wildman–Crippen MR) is 161 cm³/mol. The van der Waals surface area contributed by atoms with Gasteiger partial charge in [-0.3, -0.25) is 14.4 Å². The number of hydrogen-bond acceptors (Lipinski definition) is 8. The fourth-order valence-corrected chi connectivity index (χ4v) is 4.86. The molecule has 0 saturated heterocycles. The van der Waals surface area contributed by atoms with Gasteiger partial charge in [-0.2, -0.15) is 0 Å². The summed E-state index contributed by atoms with van der Waals surface area (Å²) in [4.78, 5) is 61.9. The van der Waals surface area contributed by atoms with Crippen LogP contribution in [0.2, 0.25) is 0 Å². The number of esters is 1. The summed E-state index contributed by atoms with van der Waals surface area (Å²) in [6, 6.07) is 12.2. The number of likely N-dealkylation sites (N-methyl/N-ethyl adjacent to an activating group) is 1. The molecule has 3 N–H and O–H groups in total. The highest BCUT2D eigenvalue weighted by Gasteiger charge is 2.30. The molecular weight excluding hydrogens is 552 g/mol. The molecule has 0 saturated carbocycles. The minimum absolute atomic E-state index is 0.103. The SMILES string of the molecule is COC(=O)C[C@@H]1Nc2ccc(C(=O)N(CCCCNC(=O)OC(C)(C)C)Cc3nc4ccccc4[nH]3)cc2CN(C)C1=O. The van der Waals surface area contributed by atoms with Gasteiger partial charge in [0.05, 0.1) is 31.1 Å². The van der Waals surface area contributed by atoms with E-state index >= 15 is 0 Å². The number of aromatic nitrogens is 2. The number of carbonyl (C=O) groups excluding carboxylic acids is 4. The van der Waals surface area contributed by atoms with E-state index < -0.39 is 23.7 Å². The first-order valence-electron chi connectivity index (χ1n) is 14.3. The average molecular weight is 593 g/mol. The van der Waals surface area contributed by atoms with E-state index in [4.69, 9.17) is 9.47 Å². The molecule has 0 aliphatic carbocycles. The third-order valence-corrected chi connectivity index (χ3v) is 6.95. The topological polar surface area (TPSA) is 146 Å². The fourth-order valence-electron chi connectivity index (χ4n) is 4.86. The van der Waals surface area contributed by atoms with Gasteiger partial charge in [0.1, 0.15) is 17.5 Å². The molecule has 12 heteroatoms. The van der Waals surface area contributed by atoms with Gasteiger partial charge in [-0.25, -0.2) is 9.78 Å². The normalized spacial score (nSPS) is 14.9. The van der Waals surface area contributed by atoms with Gasteiger partial charge in [0.25, 0.3) is 5.91 Å². The van der Waals surface area contributed by atoms with E-state index in [0.717, 1.165) is 16.6 Å². The minimum atomic E-state index is -0.765. The average Bonchev–Trinajstić information content (AvgIpc) is 3.32. The van der Waals surface area contributed by atoms with Crippen LogP contribution in [0.4, 0.5) is 10.5 Å². The Morgan fingerprint density at radius 2 is 1.91 bits per heavy atom. The number of imidazole rings is 1. The Morgan fingerprint density at radius 1 is 1.14 bits per heavy atom. The maximum atomic E-state index is 13.9. The molecule has 0 fully saturated rings. The molecule has 0 radical (unpaired) electrons. The van der Waals surface area contributed by atoms with Gasteiger partial charge < -0.3 is 34.9 Å². The van der Waals surface area contributed by atoms with Crippen molar-refractivity contribution in [2.75, 3.05) is 32.6 Å². The lowest BCUT2D eigenvalue weighted by atomic mass is 10.1. The summed E-state index contributed by atoms with van der Waals surface area (Å²) >= 11 is 0. The van der Waals surface area contributed by atoms with Gasteiger partial charge in [0.2, 0.25) is 5.91 Å². The van der Waals surface area contributed by atoms with Crippen molar-refractivity contribution in [1.29, 1.82) is 0 Å². The van der Waals surface area contributed by atoms with Gasteiger partial charge in [0.15, 0.2) is 0 Å². The summed E-state index contributed by atoms with van der Waals surface area (Å²) in [6.45, 7) is 6.82. The van der Waals surface area contributed by atoms with Gasteiger partial charge in [-0.05, 0) is 69.5 Å². The number of nitrogens with zero attached hydrogens (tertiary/aromatic N) is 3. The van der Waals surface area contributed by atoms with E-state index in [0.29, 0.717) is 43.0 Å². The zero-order valence-corrected chi connectivity index (χ0v) is 25.4. The van der Waals surface area contributed by atoms with Crippen molar-refractivity contribution in [2.24, 2.45) is 0 Å². The summed E-state index contributed by atoms with van der Waals surface area (Å²) in [6.07, 6.45) is 0.707. The molecule has 1 aromatic heterocycles. The number of ether oxygens (including phenoxy) is 2. The summed E-state index contributed by atoms with van der Waals surface area (Å²) in [5.74, 6) is -0.250. The predicted octanol–water partition coefficient (Wildman–Crippen LogP) is 3.83. The Bertz CT molecular complexity index is 1450. The maximum absolute atomic E-state index is 13.9. The summed E-state index contributed by atoms with van der Waals surface area (Å²) in [5.41, 5.74) is 3.04. The molecule has 2 heterocycles. The third-order valence-electron chi connectivity index (χ3n) is 6.95.